The van der Waals surface area contributed by atoms with Crippen molar-refractivity contribution in [2.24, 2.45) is 0 Å². The first-order chi connectivity index (χ1) is 18.3. The summed E-state index contributed by atoms with van der Waals surface area (Å²) < 4.78 is 55.0. The fraction of sp³-hybridized carbons (Fsp3) is 0.250. The zero-order valence-electron chi connectivity index (χ0n) is 20.2. The van der Waals surface area contributed by atoms with E-state index in [1.165, 1.54) is 20.3 Å². The predicted molar refractivity (Wildman–Crippen MR) is 135 cm³/mol. The third kappa shape index (κ3) is 4.83. The van der Waals surface area contributed by atoms with E-state index in [4.69, 9.17) is 32.7 Å². The molecule has 10 nitrogen and oxygen atoms in total. The molecule has 3 aromatic rings. The number of amides is 2. The second-order valence-electron chi connectivity index (χ2n) is 8.35. The number of anilines is 1. The largest absolute Gasteiger partial charge is 0.493 e. The molecule has 2 heterocycles. The van der Waals surface area contributed by atoms with Crippen molar-refractivity contribution < 1.29 is 32.2 Å². The van der Waals surface area contributed by atoms with Crippen LogP contribution < -0.4 is 31.4 Å². The van der Waals surface area contributed by atoms with Gasteiger partial charge in [-0.25, -0.2) is 4.79 Å². The van der Waals surface area contributed by atoms with E-state index in [1.807, 2.05) is 10.3 Å². The van der Waals surface area contributed by atoms with E-state index in [-0.39, 0.29) is 23.0 Å². The highest BCUT2D eigenvalue weighted by Gasteiger charge is 2.68. The lowest BCUT2D eigenvalue weighted by Crippen LogP contribution is -2.62. The van der Waals surface area contributed by atoms with E-state index in [2.05, 4.69) is 0 Å². The molecule has 39 heavy (non-hydrogen) atoms. The van der Waals surface area contributed by atoms with Crippen molar-refractivity contribution in [2.45, 2.75) is 24.7 Å². The third-order valence-corrected chi connectivity index (χ3v) is 6.67. The molecule has 2 aromatic carbocycles. The van der Waals surface area contributed by atoms with Crippen molar-refractivity contribution in [3.63, 3.8) is 0 Å². The van der Waals surface area contributed by atoms with Gasteiger partial charge in [0.25, 0.3) is 22.9 Å². The zero-order valence-corrected chi connectivity index (χ0v) is 21.7. The summed E-state index contributed by atoms with van der Waals surface area (Å²) >= 11 is 11.8. The van der Waals surface area contributed by atoms with Gasteiger partial charge < -0.3 is 20.1 Å². The van der Waals surface area contributed by atoms with Crippen molar-refractivity contribution in [3.05, 3.63) is 84.0 Å². The molecule has 1 aliphatic heterocycles. The SMILES string of the molecule is COc1ccc(CCn2c3c(c(=O)[nH]c2=O)[C@@](NC(=O)c2ccc(Cl)cc2Cl)(C(F)(F)F)C(=O)N3)cc1OC. The van der Waals surface area contributed by atoms with Gasteiger partial charge in [0.1, 0.15) is 11.4 Å². The van der Waals surface area contributed by atoms with Gasteiger partial charge in [0.15, 0.2) is 11.5 Å². The number of aromatic nitrogens is 2. The van der Waals surface area contributed by atoms with Crippen molar-refractivity contribution in [1.29, 1.82) is 0 Å². The normalized spacial score (nSPS) is 16.4. The molecule has 0 spiro atoms. The van der Waals surface area contributed by atoms with Crippen LogP contribution in [-0.4, -0.2) is 41.8 Å². The molecule has 206 valence electrons. The number of nitrogens with zero attached hydrogens (tertiary/aromatic N) is 1. The Morgan fingerprint density at radius 3 is 2.36 bits per heavy atom. The number of rotatable bonds is 7. The molecular formula is C24H19Cl2F3N4O6. The number of carbonyl (C=O) groups is 2. The van der Waals surface area contributed by atoms with Crippen LogP contribution in [0.2, 0.25) is 10.0 Å². The number of aromatic amines is 1. The minimum absolute atomic E-state index is 0.0837. The third-order valence-electron chi connectivity index (χ3n) is 6.12. The lowest BCUT2D eigenvalue weighted by atomic mass is 9.91. The first-order valence-corrected chi connectivity index (χ1v) is 11.8. The second kappa shape index (κ2) is 10.3. The van der Waals surface area contributed by atoms with E-state index in [1.54, 1.807) is 23.5 Å². The predicted octanol–water partition coefficient (Wildman–Crippen LogP) is 3.24. The summed E-state index contributed by atoms with van der Waals surface area (Å²) in [5.74, 6) is -3.07. The van der Waals surface area contributed by atoms with Gasteiger partial charge in [0.2, 0.25) is 0 Å². The molecule has 15 heteroatoms. The van der Waals surface area contributed by atoms with E-state index in [0.29, 0.717) is 17.1 Å². The lowest BCUT2D eigenvalue weighted by molar-refractivity contribution is -0.196. The standard InChI is InChI=1S/C24H19Cl2F3N4O6/c1-38-15-6-3-11(9-16(15)39-2)7-8-33-18-17(20(35)31-22(33)37)23(21(36)30-18,24(27,28)29)32-19(34)13-5-4-12(25)10-14(13)26/h3-6,9-10H,7-8H2,1-2H3,(H,30,36)(H,32,34)(H,31,35,37)/t23-/m0/s1. The van der Waals surface area contributed by atoms with Crippen molar-refractivity contribution in [1.82, 2.24) is 14.9 Å². The van der Waals surface area contributed by atoms with Crippen LogP contribution in [0.3, 0.4) is 0 Å². The van der Waals surface area contributed by atoms with E-state index in [9.17, 15) is 32.3 Å². The van der Waals surface area contributed by atoms with Gasteiger partial charge in [0.05, 0.1) is 24.8 Å². The smallest absolute Gasteiger partial charge is 0.425 e. The van der Waals surface area contributed by atoms with Gasteiger partial charge in [-0.3, -0.25) is 23.9 Å². The van der Waals surface area contributed by atoms with Gasteiger partial charge in [-0.15, -0.1) is 0 Å². The molecule has 2 amide bonds. The number of hydrogen-bond acceptors (Lipinski definition) is 6. The van der Waals surface area contributed by atoms with Crippen LogP contribution >= 0.6 is 23.2 Å². The topological polar surface area (TPSA) is 132 Å². The molecule has 1 aromatic heterocycles. The molecule has 0 aliphatic carbocycles. The Morgan fingerprint density at radius 1 is 1.05 bits per heavy atom. The summed E-state index contributed by atoms with van der Waals surface area (Å²) in [6.07, 6.45) is -5.42. The maximum absolute atomic E-state index is 14.6. The molecule has 0 fully saturated rings. The second-order valence-corrected chi connectivity index (χ2v) is 9.20. The first kappa shape index (κ1) is 28.0. The minimum atomic E-state index is -5.50. The first-order valence-electron chi connectivity index (χ1n) is 11.1. The monoisotopic (exact) mass is 586 g/mol. The Labute approximate surface area is 227 Å². The van der Waals surface area contributed by atoms with Gasteiger partial charge in [-0.1, -0.05) is 29.3 Å². The fourth-order valence-electron chi connectivity index (χ4n) is 4.23. The highest BCUT2D eigenvalue weighted by Crippen LogP contribution is 2.45. The number of methoxy groups -OCH3 is 2. The summed E-state index contributed by atoms with van der Waals surface area (Å²) in [4.78, 5) is 53.1. The number of carbonyl (C=O) groups excluding carboxylic acids is 2. The molecular weight excluding hydrogens is 568 g/mol. The molecule has 0 saturated carbocycles. The molecule has 0 radical (unpaired) electrons. The van der Waals surface area contributed by atoms with Gasteiger partial charge in [-0.05, 0) is 42.3 Å². The number of nitrogens with one attached hydrogen (secondary N) is 3. The van der Waals surface area contributed by atoms with Crippen LogP contribution in [0.4, 0.5) is 19.0 Å². The maximum Gasteiger partial charge on any atom is 0.425 e. The zero-order chi connectivity index (χ0) is 28.7. The summed E-state index contributed by atoms with van der Waals surface area (Å²) in [7, 11) is 2.86. The molecule has 0 unspecified atom stereocenters. The van der Waals surface area contributed by atoms with Crippen molar-refractivity contribution in [2.75, 3.05) is 19.5 Å². The molecule has 0 bridgehead atoms. The Morgan fingerprint density at radius 2 is 1.74 bits per heavy atom. The number of fused-ring (bicyclic) bond motifs is 1. The van der Waals surface area contributed by atoms with Gasteiger partial charge in [0, 0.05) is 11.6 Å². The number of aryl methyl sites for hydroxylation is 1. The Hall–Kier alpha value is -3.97. The number of H-pyrrole nitrogens is 1. The number of halogens is 5. The van der Waals surface area contributed by atoms with E-state index >= 15 is 0 Å². The van der Waals surface area contributed by atoms with Crippen LogP contribution in [-0.2, 0) is 23.3 Å². The quantitative estimate of drug-likeness (QED) is 0.389. The van der Waals surface area contributed by atoms with E-state index < -0.39 is 51.7 Å². The number of alkyl halides is 3. The number of benzene rings is 2. The van der Waals surface area contributed by atoms with Crippen LogP contribution in [0, 0.1) is 0 Å². The van der Waals surface area contributed by atoms with Crippen LogP contribution in [0.25, 0.3) is 0 Å². The molecule has 4 rings (SSSR count). The molecule has 0 saturated heterocycles. The number of hydrogen-bond donors (Lipinski definition) is 3. The van der Waals surface area contributed by atoms with Crippen molar-refractivity contribution in [3.8, 4) is 11.5 Å². The Balaban J connectivity index is 1.79. The van der Waals surface area contributed by atoms with Gasteiger partial charge >= 0.3 is 11.9 Å². The lowest BCUT2D eigenvalue weighted by Gasteiger charge is -2.30. The summed E-state index contributed by atoms with van der Waals surface area (Å²) in [5, 5.41) is 3.43. The minimum Gasteiger partial charge on any atom is -0.493 e. The molecule has 1 aliphatic rings. The van der Waals surface area contributed by atoms with Crippen LogP contribution in [0.1, 0.15) is 21.5 Å². The van der Waals surface area contributed by atoms with E-state index in [0.717, 1.165) is 16.7 Å². The summed E-state index contributed by atoms with van der Waals surface area (Å²) in [6.45, 7) is -0.251. The maximum atomic E-state index is 14.6. The van der Waals surface area contributed by atoms with Gasteiger partial charge in [-0.2, -0.15) is 13.2 Å². The fourth-order valence-corrected chi connectivity index (χ4v) is 4.72. The van der Waals surface area contributed by atoms with Crippen LogP contribution in [0.15, 0.2) is 46.0 Å². The Kier molecular flexibility index (Phi) is 7.41. The average molecular weight is 587 g/mol. The number of ether oxygens (including phenoxy) is 2. The molecule has 3 N–H and O–H groups in total. The van der Waals surface area contributed by atoms with Crippen molar-refractivity contribution >= 4 is 40.8 Å². The Bertz CT molecular complexity index is 1600. The summed E-state index contributed by atoms with van der Waals surface area (Å²) in [6, 6.07) is 8.25. The highest BCUT2D eigenvalue weighted by atomic mass is 35.5. The highest BCUT2D eigenvalue weighted by molar-refractivity contribution is 6.36. The molecule has 1 atom stereocenters. The average Bonchev–Trinajstić information content (AvgIpc) is 3.16. The summed E-state index contributed by atoms with van der Waals surface area (Å²) in [5.41, 5.74) is -7.40. The van der Waals surface area contributed by atoms with Crippen LogP contribution in [0.5, 0.6) is 11.5 Å².